The number of nitrogens with one attached hydrogen (secondary N) is 1. The van der Waals surface area contributed by atoms with E-state index in [4.69, 9.17) is 0 Å². The Balaban J connectivity index is 1.84. The molecule has 0 aromatic carbocycles. The zero-order valence-electron chi connectivity index (χ0n) is 6.21. The predicted molar refractivity (Wildman–Crippen MR) is 39.8 cm³/mol. The van der Waals surface area contributed by atoms with Crippen LogP contribution in [-0.2, 0) is 0 Å². The number of aliphatic hydroxyl groups excluding tert-OH is 1. The monoisotopic (exact) mass is 141 g/mol. The molecular formula is C8H15NO. The van der Waals surface area contributed by atoms with Gasteiger partial charge in [0.25, 0.3) is 0 Å². The Kier molecular flexibility index (Phi) is 1.66. The summed E-state index contributed by atoms with van der Waals surface area (Å²) >= 11 is 0. The summed E-state index contributed by atoms with van der Waals surface area (Å²) in [4.78, 5) is 0. The molecule has 2 heteroatoms. The van der Waals surface area contributed by atoms with E-state index in [2.05, 4.69) is 5.32 Å². The fraction of sp³-hybridized carbons (Fsp3) is 1.00. The van der Waals surface area contributed by atoms with Gasteiger partial charge in [-0.05, 0) is 38.1 Å². The van der Waals surface area contributed by atoms with Crippen LogP contribution in [0.2, 0.25) is 0 Å². The molecular weight excluding hydrogens is 126 g/mol. The van der Waals surface area contributed by atoms with Crippen LogP contribution in [0.4, 0.5) is 0 Å². The molecule has 0 amide bonds. The number of rotatable bonds is 1. The van der Waals surface area contributed by atoms with Gasteiger partial charge in [-0.15, -0.1) is 0 Å². The number of hydrogen-bond acceptors (Lipinski definition) is 2. The normalized spacial score (nSPS) is 41.7. The average Bonchev–Trinajstić information content (AvgIpc) is 2.68. The molecule has 1 heterocycles. The van der Waals surface area contributed by atoms with Crippen LogP contribution >= 0.6 is 0 Å². The molecule has 2 aliphatic rings. The first-order chi connectivity index (χ1) is 4.86. The van der Waals surface area contributed by atoms with Crippen LogP contribution in [0.1, 0.15) is 25.7 Å². The molecule has 2 atom stereocenters. The summed E-state index contributed by atoms with van der Waals surface area (Å²) in [5, 5.41) is 12.8. The van der Waals surface area contributed by atoms with Crippen molar-refractivity contribution >= 4 is 0 Å². The lowest BCUT2D eigenvalue weighted by atomic mass is 9.98. The minimum Gasteiger partial charge on any atom is -0.393 e. The minimum absolute atomic E-state index is 0.0214. The van der Waals surface area contributed by atoms with Crippen LogP contribution in [0.25, 0.3) is 0 Å². The first-order valence-electron chi connectivity index (χ1n) is 4.28. The van der Waals surface area contributed by atoms with Gasteiger partial charge in [0.15, 0.2) is 0 Å². The van der Waals surface area contributed by atoms with Gasteiger partial charge >= 0.3 is 0 Å². The van der Waals surface area contributed by atoms with Crippen molar-refractivity contribution in [3.63, 3.8) is 0 Å². The molecule has 0 spiro atoms. The summed E-state index contributed by atoms with van der Waals surface area (Å²) in [6, 6.07) is 0.642. The third kappa shape index (κ3) is 1.32. The summed E-state index contributed by atoms with van der Waals surface area (Å²) in [6.07, 6.45) is 4.68. The molecule has 1 aliphatic heterocycles. The minimum atomic E-state index is -0.0214. The Morgan fingerprint density at radius 2 is 2.00 bits per heavy atom. The highest BCUT2D eigenvalue weighted by Crippen LogP contribution is 2.35. The molecule has 2 nitrogen and oxygen atoms in total. The van der Waals surface area contributed by atoms with E-state index >= 15 is 0 Å². The van der Waals surface area contributed by atoms with Crippen molar-refractivity contribution in [1.29, 1.82) is 0 Å². The van der Waals surface area contributed by atoms with Crippen molar-refractivity contribution < 1.29 is 5.11 Å². The summed E-state index contributed by atoms with van der Waals surface area (Å²) < 4.78 is 0. The molecule has 0 bridgehead atoms. The maximum Gasteiger partial charge on any atom is 0.0567 e. The smallest absolute Gasteiger partial charge is 0.0567 e. The Bertz CT molecular complexity index is 122. The number of piperidine rings is 1. The van der Waals surface area contributed by atoms with E-state index in [9.17, 15) is 5.11 Å². The zero-order chi connectivity index (χ0) is 6.97. The summed E-state index contributed by atoms with van der Waals surface area (Å²) in [7, 11) is 0. The third-order valence-corrected chi connectivity index (χ3v) is 2.60. The van der Waals surface area contributed by atoms with Gasteiger partial charge in [0.05, 0.1) is 6.10 Å². The van der Waals surface area contributed by atoms with Crippen molar-refractivity contribution in [1.82, 2.24) is 5.32 Å². The molecule has 2 N–H and O–H groups in total. The molecule has 0 radical (unpaired) electrons. The molecule has 1 aliphatic carbocycles. The largest absolute Gasteiger partial charge is 0.393 e. The van der Waals surface area contributed by atoms with E-state index in [0.29, 0.717) is 6.04 Å². The second-order valence-electron chi connectivity index (χ2n) is 3.58. The summed E-state index contributed by atoms with van der Waals surface area (Å²) in [5.41, 5.74) is 0. The van der Waals surface area contributed by atoms with Crippen LogP contribution in [0.3, 0.4) is 0 Å². The molecule has 0 unspecified atom stereocenters. The van der Waals surface area contributed by atoms with Gasteiger partial charge in [0.2, 0.25) is 0 Å². The molecule has 58 valence electrons. The van der Waals surface area contributed by atoms with Crippen LogP contribution in [-0.4, -0.2) is 23.8 Å². The van der Waals surface area contributed by atoms with E-state index < -0.39 is 0 Å². The molecule has 10 heavy (non-hydrogen) atoms. The summed E-state index contributed by atoms with van der Waals surface area (Å²) in [6.45, 7) is 1.02. The van der Waals surface area contributed by atoms with E-state index in [0.717, 1.165) is 25.3 Å². The van der Waals surface area contributed by atoms with Crippen LogP contribution in [0.5, 0.6) is 0 Å². The Morgan fingerprint density at radius 3 is 2.60 bits per heavy atom. The molecule has 2 fully saturated rings. The summed E-state index contributed by atoms with van der Waals surface area (Å²) in [5.74, 6) is 0.898. The third-order valence-electron chi connectivity index (χ3n) is 2.60. The highest BCUT2D eigenvalue weighted by atomic mass is 16.3. The van der Waals surface area contributed by atoms with Crippen LogP contribution in [0.15, 0.2) is 0 Å². The molecule has 1 saturated carbocycles. The van der Waals surface area contributed by atoms with Crippen LogP contribution in [0, 0.1) is 5.92 Å². The Morgan fingerprint density at radius 1 is 1.20 bits per heavy atom. The van der Waals surface area contributed by atoms with Crippen molar-refractivity contribution in [3.05, 3.63) is 0 Å². The second-order valence-corrected chi connectivity index (χ2v) is 3.58. The van der Waals surface area contributed by atoms with Gasteiger partial charge in [-0.2, -0.15) is 0 Å². The zero-order valence-corrected chi connectivity index (χ0v) is 6.21. The van der Waals surface area contributed by atoms with Crippen LogP contribution < -0.4 is 5.32 Å². The van der Waals surface area contributed by atoms with Gasteiger partial charge in [-0.3, -0.25) is 0 Å². The van der Waals surface area contributed by atoms with Gasteiger partial charge < -0.3 is 10.4 Å². The lowest BCUT2D eigenvalue weighted by molar-refractivity contribution is 0.111. The lowest BCUT2D eigenvalue weighted by Gasteiger charge is -2.27. The number of aliphatic hydroxyl groups is 1. The average molecular weight is 141 g/mol. The van der Waals surface area contributed by atoms with Crippen molar-refractivity contribution in [3.8, 4) is 0 Å². The van der Waals surface area contributed by atoms with Crippen molar-refractivity contribution in [2.75, 3.05) is 6.54 Å². The van der Waals surface area contributed by atoms with Gasteiger partial charge in [0, 0.05) is 6.04 Å². The van der Waals surface area contributed by atoms with Crippen molar-refractivity contribution in [2.45, 2.75) is 37.8 Å². The fourth-order valence-electron chi connectivity index (χ4n) is 1.79. The van der Waals surface area contributed by atoms with E-state index in [1.165, 1.54) is 12.8 Å². The van der Waals surface area contributed by atoms with Gasteiger partial charge in [-0.25, -0.2) is 0 Å². The highest BCUT2D eigenvalue weighted by Gasteiger charge is 2.33. The Hall–Kier alpha value is -0.0800. The predicted octanol–water partition coefficient (Wildman–Crippen LogP) is 0.509. The fourth-order valence-corrected chi connectivity index (χ4v) is 1.79. The quantitative estimate of drug-likeness (QED) is 0.557. The van der Waals surface area contributed by atoms with Crippen molar-refractivity contribution in [2.24, 2.45) is 5.92 Å². The molecule has 0 aromatic heterocycles. The topological polar surface area (TPSA) is 32.3 Å². The second kappa shape index (κ2) is 2.51. The maximum absolute atomic E-state index is 9.32. The highest BCUT2D eigenvalue weighted by molar-refractivity contribution is 4.90. The van der Waals surface area contributed by atoms with Gasteiger partial charge in [0.1, 0.15) is 0 Å². The number of hydrogen-bond donors (Lipinski definition) is 2. The van der Waals surface area contributed by atoms with E-state index in [-0.39, 0.29) is 6.10 Å². The van der Waals surface area contributed by atoms with E-state index in [1.54, 1.807) is 0 Å². The Labute approximate surface area is 61.6 Å². The van der Waals surface area contributed by atoms with Gasteiger partial charge in [-0.1, -0.05) is 0 Å². The molecule has 0 aromatic rings. The maximum atomic E-state index is 9.32. The SMILES string of the molecule is O[C@@H]1CCN[C@@H](C2CC2)C1. The molecule has 2 rings (SSSR count). The standard InChI is InChI=1S/C8H15NO/c10-7-3-4-9-8(5-7)6-1-2-6/h6-10H,1-5H2/t7-,8-/m1/s1. The first-order valence-corrected chi connectivity index (χ1v) is 4.28. The van der Waals surface area contributed by atoms with E-state index in [1.807, 2.05) is 0 Å². The molecule has 1 saturated heterocycles. The lowest BCUT2D eigenvalue weighted by Crippen LogP contribution is -2.41. The first kappa shape index (κ1) is 6.62.